The lowest BCUT2D eigenvalue weighted by Crippen LogP contribution is -2.61. The van der Waals surface area contributed by atoms with E-state index in [2.05, 4.69) is 39.8 Å². The molecule has 6 aliphatic rings. The molecule has 0 bridgehead atoms. The topological polar surface area (TPSA) is 105 Å². The third-order valence-electron chi connectivity index (χ3n) is 13.3. The molecule has 2 aliphatic heterocycles. The van der Waals surface area contributed by atoms with Gasteiger partial charge in [-0.1, -0.05) is 51.0 Å². The molecule has 0 radical (unpaired) electrons. The zero-order valence-electron chi connectivity index (χ0n) is 30.1. The van der Waals surface area contributed by atoms with Crippen LogP contribution in [0.3, 0.4) is 0 Å². The lowest BCUT2D eigenvalue weighted by atomic mass is 9.50. The SMILES string of the molecule is C/C=C(\C)C(=O)O[C@H]1CCC2=CC3(C45C=C6CC[C@H](OC(=O)/C(C)=C/C)[C@H](C)[C@@]6(C)CC4=C(C)C(=O)O5)OC(=O)C(C)=C3C[C@]2(C)[C@H]1C. The van der Waals surface area contributed by atoms with Gasteiger partial charge in [-0.3, -0.25) is 0 Å². The lowest BCUT2D eigenvalue weighted by Gasteiger charge is -2.57. The number of carbonyl (C=O) groups excluding carboxylic acids is 4. The summed E-state index contributed by atoms with van der Waals surface area (Å²) in [6, 6.07) is 0. The average Bonchev–Trinajstić information content (AvgIpc) is 3.46. The van der Waals surface area contributed by atoms with Crippen LogP contribution in [0.15, 0.2) is 68.9 Å². The first-order valence-electron chi connectivity index (χ1n) is 17.5. The monoisotopic (exact) mass is 658 g/mol. The van der Waals surface area contributed by atoms with Crippen molar-refractivity contribution in [3.63, 3.8) is 0 Å². The van der Waals surface area contributed by atoms with Crippen LogP contribution in [0.5, 0.6) is 0 Å². The Balaban J connectivity index is 1.45. The standard InChI is InChI=1S/C40H50O8/c1-11-21(3)33(41)45-31-15-13-27-17-39(29(23(5)35(43)47-39)19-37(27,9)25(31)7)40-18-28-14-16-32(46-34(42)22(4)12-2)26(8)38(28,10)20-30(40)24(6)36(44)48-40/h11-12,17-18,25-26,31-32H,13-16,19-20H2,1-10H3/b21-11+,22-12+/t25-,26-,31-,32-,37+,38+,39?,40?/m0/s1. The molecule has 258 valence electrons. The van der Waals surface area contributed by atoms with Crippen molar-refractivity contribution < 1.29 is 38.1 Å². The maximum Gasteiger partial charge on any atom is 0.335 e. The number of hydrogen-bond donors (Lipinski definition) is 0. The fraction of sp³-hybridized carbons (Fsp3) is 0.600. The van der Waals surface area contributed by atoms with Crippen LogP contribution in [0.1, 0.15) is 108 Å². The zero-order valence-corrected chi connectivity index (χ0v) is 30.1. The van der Waals surface area contributed by atoms with Crippen molar-refractivity contribution in [2.24, 2.45) is 22.7 Å². The number of rotatable bonds is 5. The minimum atomic E-state index is -1.32. The Hall–Kier alpha value is -3.68. The van der Waals surface area contributed by atoms with E-state index in [-0.39, 0.29) is 36.0 Å². The maximum atomic E-state index is 13.7. The molecule has 0 spiro atoms. The molecule has 8 nitrogen and oxygen atoms in total. The van der Waals surface area contributed by atoms with Gasteiger partial charge < -0.3 is 18.9 Å². The molecule has 4 aliphatic carbocycles. The summed E-state index contributed by atoms with van der Waals surface area (Å²) in [4.78, 5) is 52.9. The highest BCUT2D eigenvalue weighted by Crippen LogP contribution is 2.66. The van der Waals surface area contributed by atoms with Crippen LogP contribution in [0.2, 0.25) is 0 Å². The smallest absolute Gasteiger partial charge is 0.335 e. The molecular weight excluding hydrogens is 608 g/mol. The minimum absolute atomic E-state index is 0.0292. The van der Waals surface area contributed by atoms with Crippen molar-refractivity contribution in [1.82, 2.24) is 0 Å². The Kier molecular flexibility index (Phi) is 8.16. The second-order valence-electron chi connectivity index (χ2n) is 15.5. The van der Waals surface area contributed by atoms with Gasteiger partial charge in [-0.2, -0.15) is 0 Å². The number of hydrogen-bond acceptors (Lipinski definition) is 8. The van der Waals surface area contributed by atoms with Gasteiger partial charge in [-0.05, 0) is 114 Å². The van der Waals surface area contributed by atoms with Gasteiger partial charge >= 0.3 is 23.9 Å². The van der Waals surface area contributed by atoms with Crippen LogP contribution in [0.25, 0.3) is 0 Å². The second kappa shape index (κ2) is 11.4. The highest BCUT2D eigenvalue weighted by molar-refractivity contribution is 5.97. The van der Waals surface area contributed by atoms with Crippen molar-refractivity contribution in [2.75, 3.05) is 0 Å². The number of fused-ring (bicyclic) bond motifs is 5. The van der Waals surface area contributed by atoms with Crippen LogP contribution in [0, 0.1) is 22.7 Å². The van der Waals surface area contributed by atoms with Crippen molar-refractivity contribution >= 4 is 23.9 Å². The quantitative estimate of drug-likeness (QED) is 0.129. The van der Waals surface area contributed by atoms with Gasteiger partial charge in [0.05, 0.1) is 0 Å². The predicted octanol–water partition coefficient (Wildman–Crippen LogP) is 7.50. The molecule has 0 aromatic rings. The highest BCUT2D eigenvalue weighted by atomic mass is 16.6. The van der Waals surface area contributed by atoms with Gasteiger partial charge in [-0.15, -0.1) is 0 Å². The van der Waals surface area contributed by atoms with Crippen molar-refractivity contribution in [1.29, 1.82) is 0 Å². The van der Waals surface area contributed by atoms with E-state index in [4.69, 9.17) is 18.9 Å². The first kappa shape index (κ1) is 34.2. The van der Waals surface area contributed by atoms with Crippen molar-refractivity contribution in [2.45, 2.75) is 131 Å². The van der Waals surface area contributed by atoms with E-state index in [1.807, 2.05) is 13.8 Å². The van der Waals surface area contributed by atoms with Crippen molar-refractivity contribution in [3.8, 4) is 0 Å². The molecule has 2 saturated carbocycles. The van der Waals surface area contributed by atoms with Crippen LogP contribution in [-0.4, -0.2) is 47.3 Å². The molecule has 2 unspecified atom stereocenters. The van der Waals surface area contributed by atoms with Gasteiger partial charge in [0.2, 0.25) is 0 Å². The summed E-state index contributed by atoms with van der Waals surface area (Å²) in [7, 11) is 0. The molecule has 0 amide bonds. The molecule has 2 heterocycles. The van der Waals surface area contributed by atoms with E-state index in [0.29, 0.717) is 60.8 Å². The number of allylic oxidation sites excluding steroid dienone is 4. The summed E-state index contributed by atoms with van der Waals surface area (Å²) in [5.74, 6) is -1.49. The van der Waals surface area contributed by atoms with Gasteiger partial charge in [0.1, 0.15) is 12.2 Å². The number of ether oxygens (including phenoxy) is 4. The number of esters is 4. The van der Waals surface area contributed by atoms with Crippen LogP contribution in [-0.2, 0) is 38.1 Å². The van der Waals surface area contributed by atoms with Gasteiger partial charge in [-0.25, -0.2) is 19.2 Å². The Labute approximate surface area is 284 Å². The third kappa shape index (κ3) is 4.60. The molecule has 48 heavy (non-hydrogen) atoms. The maximum absolute atomic E-state index is 13.7. The van der Waals surface area contributed by atoms with Gasteiger partial charge in [0.25, 0.3) is 0 Å². The highest BCUT2D eigenvalue weighted by Gasteiger charge is 2.71. The van der Waals surface area contributed by atoms with E-state index in [0.717, 1.165) is 22.3 Å². The predicted molar refractivity (Wildman–Crippen MR) is 180 cm³/mol. The molecular formula is C40H50O8. The first-order valence-corrected chi connectivity index (χ1v) is 17.5. The molecule has 6 rings (SSSR count). The average molecular weight is 659 g/mol. The Morgan fingerprint density at radius 3 is 1.42 bits per heavy atom. The first-order chi connectivity index (χ1) is 22.5. The minimum Gasteiger partial charge on any atom is -0.459 e. The number of carbonyl (C=O) groups is 4. The molecule has 2 fully saturated rings. The summed E-state index contributed by atoms with van der Waals surface area (Å²) in [5, 5.41) is 0. The molecule has 8 atom stereocenters. The van der Waals surface area contributed by atoms with E-state index in [9.17, 15) is 19.2 Å². The molecule has 0 aromatic carbocycles. The Morgan fingerprint density at radius 2 is 1.08 bits per heavy atom. The van der Waals surface area contributed by atoms with Crippen LogP contribution in [0.4, 0.5) is 0 Å². The van der Waals surface area contributed by atoms with Crippen LogP contribution < -0.4 is 0 Å². The Bertz CT molecular complexity index is 1580. The summed E-state index contributed by atoms with van der Waals surface area (Å²) in [5.41, 5.74) is 2.66. The lowest BCUT2D eigenvalue weighted by molar-refractivity contribution is -0.171. The van der Waals surface area contributed by atoms with E-state index in [1.54, 1.807) is 39.8 Å². The fourth-order valence-corrected chi connectivity index (χ4v) is 9.29. The van der Waals surface area contributed by atoms with Crippen molar-refractivity contribution in [3.05, 3.63) is 68.9 Å². The largest absolute Gasteiger partial charge is 0.459 e. The summed E-state index contributed by atoms with van der Waals surface area (Å²) in [6.07, 6.45) is 10.8. The Morgan fingerprint density at radius 1 is 0.729 bits per heavy atom. The normalized spacial score (nSPS) is 39.4. The summed E-state index contributed by atoms with van der Waals surface area (Å²) < 4.78 is 25.1. The van der Waals surface area contributed by atoms with Gasteiger partial charge in [0.15, 0.2) is 11.2 Å². The third-order valence-corrected chi connectivity index (χ3v) is 13.3. The fourth-order valence-electron chi connectivity index (χ4n) is 9.29. The second-order valence-corrected chi connectivity index (χ2v) is 15.5. The van der Waals surface area contributed by atoms with Crippen LogP contribution >= 0.6 is 0 Å². The zero-order chi connectivity index (χ0) is 35.1. The van der Waals surface area contributed by atoms with Gasteiger partial charge in [0, 0.05) is 34.1 Å². The molecule has 0 saturated heterocycles. The van der Waals surface area contributed by atoms with E-state index in [1.165, 1.54) is 0 Å². The summed E-state index contributed by atoms with van der Waals surface area (Å²) >= 11 is 0. The molecule has 8 heteroatoms. The molecule has 0 aromatic heterocycles. The van der Waals surface area contributed by atoms with E-state index >= 15 is 0 Å². The summed E-state index contributed by atoms with van der Waals surface area (Å²) in [6.45, 7) is 19.4. The van der Waals surface area contributed by atoms with E-state index < -0.39 is 34.0 Å². The molecule has 0 N–H and O–H groups in total.